The molecule has 0 radical (unpaired) electrons. The first kappa shape index (κ1) is 52.6. The number of hydrogen-bond donors (Lipinski definition) is 0. The van der Waals surface area contributed by atoms with Crippen LogP contribution >= 0.6 is 0 Å². The van der Waals surface area contributed by atoms with E-state index >= 15 is 0 Å². The largest absolute Gasteiger partial charge is 0.462 e. The SMILES string of the molecule is CC/C=C\C/C=C\C/C=C\CCCCCC(=O)OC(COC(=O)CCCCCCCCC)COC(=O)CCCCCCCCCCCCCCCCCCC. The van der Waals surface area contributed by atoms with Crippen molar-refractivity contribution in [2.24, 2.45) is 0 Å². The predicted octanol–water partition coefficient (Wildman–Crippen LogP) is 15.0. The van der Waals surface area contributed by atoms with Gasteiger partial charge in [0.2, 0.25) is 0 Å². The molecule has 0 aliphatic carbocycles. The summed E-state index contributed by atoms with van der Waals surface area (Å²) in [4.78, 5) is 37.6. The maximum Gasteiger partial charge on any atom is 0.306 e. The number of allylic oxidation sites excluding steroid dienone is 6. The molecule has 0 saturated carbocycles. The highest BCUT2D eigenvalue weighted by Crippen LogP contribution is 2.15. The van der Waals surface area contributed by atoms with Gasteiger partial charge in [-0.15, -0.1) is 0 Å². The molecule has 0 bridgehead atoms. The number of carbonyl (C=O) groups excluding carboxylic acids is 3. The summed E-state index contributed by atoms with van der Waals surface area (Å²) in [5.41, 5.74) is 0. The molecule has 1 unspecified atom stereocenters. The highest BCUT2D eigenvalue weighted by Gasteiger charge is 2.19. The first-order chi connectivity index (χ1) is 27.0. The van der Waals surface area contributed by atoms with Gasteiger partial charge in [0.1, 0.15) is 13.2 Å². The number of rotatable bonds is 42. The van der Waals surface area contributed by atoms with E-state index in [1.165, 1.54) is 116 Å². The molecule has 1 atom stereocenters. The Morgan fingerprint density at radius 2 is 0.709 bits per heavy atom. The standard InChI is InChI=1S/C49H88O6/c1-4-7-10-13-16-18-20-22-23-24-25-27-28-30-33-36-39-42-48(51)54-45-46(44-53-47(50)41-38-35-32-15-12-9-6-3)55-49(52)43-40-37-34-31-29-26-21-19-17-14-11-8-5-2/h8,11,17,19,26,29,46H,4-7,9-10,12-16,18,20-25,27-28,30-45H2,1-3H3/b11-8-,19-17-,29-26-. The second-order valence-corrected chi connectivity index (χ2v) is 15.6. The van der Waals surface area contributed by atoms with Crippen molar-refractivity contribution in [3.8, 4) is 0 Å². The van der Waals surface area contributed by atoms with E-state index in [1.54, 1.807) is 0 Å². The summed E-state index contributed by atoms with van der Waals surface area (Å²) in [6, 6.07) is 0. The summed E-state index contributed by atoms with van der Waals surface area (Å²) in [5.74, 6) is -0.912. The number of hydrogen-bond acceptors (Lipinski definition) is 6. The molecule has 0 aliphatic heterocycles. The summed E-state index contributed by atoms with van der Waals surface area (Å²) in [7, 11) is 0. The van der Waals surface area contributed by atoms with Crippen LogP contribution in [-0.2, 0) is 28.6 Å². The maximum atomic E-state index is 12.7. The predicted molar refractivity (Wildman–Crippen MR) is 233 cm³/mol. The average molecular weight is 773 g/mol. The van der Waals surface area contributed by atoms with Crippen LogP contribution in [0, 0.1) is 0 Å². The second kappa shape index (κ2) is 44.3. The lowest BCUT2D eigenvalue weighted by Gasteiger charge is -2.18. The van der Waals surface area contributed by atoms with E-state index in [0.717, 1.165) is 83.5 Å². The van der Waals surface area contributed by atoms with E-state index in [-0.39, 0.29) is 31.1 Å². The lowest BCUT2D eigenvalue weighted by Crippen LogP contribution is -2.30. The van der Waals surface area contributed by atoms with Crippen LogP contribution in [0.4, 0.5) is 0 Å². The Morgan fingerprint density at radius 3 is 1.11 bits per heavy atom. The Hall–Kier alpha value is -2.37. The molecule has 0 aromatic carbocycles. The molecule has 0 aromatic heterocycles. The van der Waals surface area contributed by atoms with Crippen molar-refractivity contribution in [1.82, 2.24) is 0 Å². The van der Waals surface area contributed by atoms with Crippen LogP contribution in [0.15, 0.2) is 36.5 Å². The zero-order valence-corrected chi connectivity index (χ0v) is 36.4. The lowest BCUT2D eigenvalue weighted by molar-refractivity contribution is -0.167. The van der Waals surface area contributed by atoms with Gasteiger partial charge in [0.05, 0.1) is 0 Å². The summed E-state index contributed by atoms with van der Waals surface area (Å²) in [5, 5.41) is 0. The molecule has 0 spiro atoms. The molecule has 6 nitrogen and oxygen atoms in total. The fourth-order valence-corrected chi connectivity index (χ4v) is 6.63. The van der Waals surface area contributed by atoms with E-state index < -0.39 is 6.10 Å². The van der Waals surface area contributed by atoms with Crippen molar-refractivity contribution in [3.05, 3.63) is 36.5 Å². The highest BCUT2D eigenvalue weighted by atomic mass is 16.6. The van der Waals surface area contributed by atoms with Crippen LogP contribution in [0.25, 0.3) is 0 Å². The van der Waals surface area contributed by atoms with Crippen LogP contribution in [-0.4, -0.2) is 37.2 Å². The van der Waals surface area contributed by atoms with Gasteiger partial charge in [-0.25, -0.2) is 0 Å². The topological polar surface area (TPSA) is 78.9 Å². The molecule has 0 aliphatic rings. The minimum absolute atomic E-state index is 0.0810. The molecular weight excluding hydrogens is 685 g/mol. The molecule has 320 valence electrons. The molecule has 0 heterocycles. The van der Waals surface area contributed by atoms with Crippen molar-refractivity contribution < 1.29 is 28.6 Å². The number of carbonyl (C=O) groups is 3. The fraction of sp³-hybridized carbons (Fsp3) is 0.816. The van der Waals surface area contributed by atoms with Gasteiger partial charge in [-0.3, -0.25) is 14.4 Å². The second-order valence-electron chi connectivity index (χ2n) is 15.6. The van der Waals surface area contributed by atoms with E-state index in [4.69, 9.17) is 14.2 Å². The first-order valence-corrected chi connectivity index (χ1v) is 23.5. The fourth-order valence-electron chi connectivity index (χ4n) is 6.63. The third kappa shape index (κ3) is 42.6. The van der Waals surface area contributed by atoms with Crippen molar-refractivity contribution in [1.29, 1.82) is 0 Å². The summed E-state index contributed by atoms with van der Waals surface area (Å²) >= 11 is 0. The third-order valence-electron chi connectivity index (χ3n) is 10.2. The van der Waals surface area contributed by atoms with Gasteiger partial charge in [0.15, 0.2) is 6.10 Å². The average Bonchev–Trinajstić information content (AvgIpc) is 3.18. The monoisotopic (exact) mass is 773 g/mol. The molecule has 0 fully saturated rings. The van der Waals surface area contributed by atoms with E-state index in [0.29, 0.717) is 19.3 Å². The smallest absolute Gasteiger partial charge is 0.306 e. The van der Waals surface area contributed by atoms with Crippen LogP contribution in [0.1, 0.15) is 239 Å². The van der Waals surface area contributed by atoms with Gasteiger partial charge in [-0.1, -0.05) is 205 Å². The molecule has 0 amide bonds. The van der Waals surface area contributed by atoms with Crippen molar-refractivity contribution in [2.45, 2.75) is 245 Å². The normalized spacial score (nSPS) is 12.3. The summed E-state index contributed by atoms with van der Waals surface area (Å²) in [6.45, 7) is 6.46. The van der Waals surface area contributed by atoms with Crippen molar-refractivity contribution >= 4 is 17.9 Å². The summed E-state index contributed by atoms with van der Waals surface area (Å²) < 4.78 is 16.6. The molecule has 0 aromatic rings. The Bertz CT molecular complexity index is 938. The lowest BCUT2D eigenvalue weighted by atomic mass is 10.0. The van der Waals surface area contributed by atoms with Crippen LogP contribution in [0.5, 0.6) is 0 Å². The minimum Gasteiger partial charge on any atom is -0.462 e. The van der Waals surface area contributed by atoms with Crippen LogP contribution in [0.2, 0.25) is 0 Å². The van der Waals surface area contributed by atoms with Crippen molar-refractivity contribution in [3.63, 3.8) is 0 Å². The Kier molecular flexibility index (Phi) is 42.4. The van der Waals surface area contributed by atoms with Gasteiger partial charge >= 0.3 is 17.9 Å². The van der Waals surface area contributed by atoms with E-state index in [2.05, 4.69) is 57.2 Å². The van der Waals surface area contributed by atoms with Crippen molar-refractivity contribution in [2.75, 3.05) is 13.2 Å². The zero-order chi connectivity index (χ0) is 40.1. The Morgan fingerprint density at radius 1 is 0.382 bits per heavy atom. The van der Waals surface area contributed by atoms with Crippen LogP contribution in [0.3, 0.4) is 0 Å². The number of esters is 3. The highest BCUT2D eigenvalue weighted by molar-refractivity contribution is 5.71. The first-order valence-electron chi connectivity index (χ1n) is 23.5. The maximum absolute atomic E-state index is 12.7. The molecule has 0 rings (SSSR count). The van der Waals surface area contributed by atoms with Gasteiger partial charge in [-0.05, 0) is 51.4 Å². The van der Waals surface area contributed by atoms with Gasteiger partial charge < -0.3 is 14.2 Å². The van der Waals surface area contributed by atoms with Gasteiger partial charge in [0.25, 0.3) is 0 Å². The Balaban J connectivity index is 4.28. The Labute approximate surface area is 340 Å². The molecule has 6 heteroatoms. The van der Waals surface area contributed by atoms with E-state index in [9.17, 15) is 14.4 Å². The minimum atomic E-state index is -0.779. The zero-order valence-electron chi connectivity index (χ0n) is 36.4. The van der Waals surface area contributed by atoms with Gasteiger partial charge in [0, 0.05) is 19.3 Å². The molecule has 0 saturated heterocycles. The number of ether oxygens (including phenoxy) is 3. The molecular formula is C49H88O6. The summed E-state index contributed by atoms with van der Waals surface area (Å²) in [6.07, 6.45) is 50.0. The number of unbranched alkanes of at least 4 members (excludes halogenated alkanes) is 25. The molecule has 0 N–H and O–H groups in total. The molecule has 55 heavy (non-hydrogen) atoms. The third-order valence-corrected chi connectivity index (χ3v) is 10.2. The van der Waals surface area contributed by atoms with Gasteiger partial charge in [-0.2, -0.15) is 0 Å². The quantitative estimate of drug-likeness (QED) is 0.0266. The van der Waals surface area contributed by atoms with E-state index in [1.807, 2.05) is 0 Å². The van der Waals surface area contributed by atoms with Crippen LogP contribution < -0.4 is 0 Å².